The molecule has 15 heteroatoms. The van der Waals surface area contributed by atoms with E-state index in [-0.39, 0.29) is 31.4 Å². The molecule has 0 spiro atoms. The van der Waals surface area contributed by atoms with Crippen LogP contribution in [0.2, 0.25) is 0 Å². The van der Waals surface area contributed by atoms with Crippen molar-refractivity contribution in [2.45, 2.75) is 56.3 Å². The first-order chi connectivity index (χ1) is 17.8. The summed E-state index contributed by atoms with van der Waals surface area (Å²) in [5.41, 5.74) is 11.7. The molecular weight excluding hydrogens is 522 g/mol. The molecule has 1 aromatic carbocycles. The molecule has 38 heavy (non-hydrogen) atoms. The van der Waals surface area contributed by atoms with Gasteiger partial charge in [0.25, 0.3) is 0 Å². The summed E-state index contributed by atoms with van der Waals surface area (Å²) >= 11 is 1.35. The van der Waals surface area contributed by atoms with Crippen molar-refractivity contribution in [3.8, 4) is 5.75 Å². The number of phenols is 1. The molecule has 0 heterocycles. The van der Waals surface area contributed by atoms with E-state index in [2.05, 4.69) is 16.0 Å². The van der Waals surface area contributed by atoms with E-state index in [1.165, 1.54) is 23.9 Å². The highest BCUT2D eigenvalue weighted by atomic mass is 32.2. The Morgan fingerprint density at radius 1 is 0.868 bits per heavy atom. The van der Waals surface area contributed by atoms with Crippen LogP contribution in [0.3, 0.4) is 0 Å². The number of phenolic OH excluding ortho intramolecular Hbond substituents is 1. The number of carboxylic acids is 2. The fraction of sp³-hybridized carbons (Fsp3) is 0.478. The standard InChI is InChI=1S/C23H33N5O9S/c1-38-9-8-16(23(36)37)27-22(35)17(11-19(31)32)28-21(34)15(6-7-18(25)30)26-20(33)14(24)10-12-2-4-13(29)5-3-12/h2-5,14-17,29H,6-11,24H2,1H3,(H2,25,30)(H,26,33)(H,27,35)(H,28,34)(H,31,32)(H,36,37). The van der Waals surface area contributed by atoms with Crippen LogP contribution in [-0.4, -0.2) is 87.1 Å². The Morgan fingerprint density at radius 3 is 1.95 bits per heavy atom. The third kappa shape index (κ3) is 11.9. The van der Waals surface area contributed by atoms with Gasteiger partial charge in [0.15, 0.2) is 0 Å². The molecule has 0 aliphatic heterocycles. The van der Waals surface area contributed by atoms with Crippen LogP contribution in [0.4, 0.5) is 0 Å². The van der Waals surface area contributed by atoms with E-state index in [0.29, 0.717) is 11.3 Å². The number of carbonyl (C=O) groups excluding carboxylic acids is 4. The van der Waals surface area contributed by atoms with Crippen LogP contribution in [-0.2, 0) is 35.2 Å². The van der Waals surface area contributed by atoms with Gasteiger partial charge in [-0.3, -0.25) is 24.0 Å². The van der Waals surface area contributed by atoms with Crippen LogP contribution in [0.5, 0.6) is 5.75 Å². The van der Waals surface area contributed by atoms with Gasteiger partial charge in [-0.25, -0.2) is 4.79 Å². The molecule has 0 saturated carbocycles. The number of carboxylic acid groups (broad SMARTS) is 2. The Bertz CT molecular complexity index is 1010. The zero-order valence-electron chi connectivity index (χ0n) is 20.7. The number of aromatic hydroxyl groups is 1. The molecule has 0 aromatic heterocycles. The number of thioether (sulfide) groups is 1. The van der Waals surface area contributed by atoms with Crippen molar-refractivity contribution >= 4 is 47.3 Å². The molecule has 0 radical (unpaired) electrons. The van der Waals surface area contributed by atoms with E-state index in [9.17, 15) is 44.1 Å². The molecule has 0 bridgehead atoms. The maximum absolute atomic E-state index is 13.0. The summed E-state index contributed by atoms with van der Waals surface area (Å²) in [5, 5.41) is 34.7. The van der Waals surface area contributed by atoms with Crippen LogP contribution < -0.4 is 27.4 Å². The van der Waals surface area contributed by atoms with E-state index < -0.39 is 66.2 Å². The van der Waals surface area contributed by atoms with Gasteiger partial charge in [0, 0.05) is 6.42 Å². The molecule has 1 aromatic rings. The number of rotatable bonds is 17. The average Bonchev–Trinajstić information content (AvgIpc) is 2.84. The van der Waals surface area contributed by atoms with Crippen molar-refractivity contribution in [1.82, 2.24) is 16.0 Å². The van der Waals surface area contributed by atoms with E-state index >= 15 is 0 Å². The number of primary amides is 1. The second-order valence-corrected chi connectivity index (χ2v) is 9.37. The Kier molecular flexibility index (Phi) is 13.6. The van der Waals surface area contributed by atoms with Crippen molar-refractivity contribution in [1.29, 1.82) is 0 Å². The lowest BCUT2D eigenvalue weighted by molar-refractivity contribution is -0.143. The number of carbonyl (C=O) groups is 6. The van der Waals surface area contributed by atoms with E-state index in [1.807, 2.05) is 0 Å². The summed E-state index contributed by atoms with van der Waals surface area (Å²) in [6.07, 6.45) is 0.385. The molecule has 0 aliphatic rings. The number of aliphatic carboxylic acids is 2. The summed E-state index contributed by atoms with van der Waals surface area (Å²) in [5.74, 6) is -5.94. The number of amides is 4. The predicted octanol–water partition coefficient (Wildman–Crippen LogP) is -1.71. The summed E-state index contributed by atoms with van der Waals surface area (Å²) in [6.45, 7) is 0. The fourth-order valence-corrected chi connectivity index (χ4v) is 3.71. The van der Waals surface area contributed by atoms with Gasteiger partial charge in [-0.05, 0) is 49.0 Å². The van der Waals surface area contributed by atoms with Crippen LogP contribution >= 0.6 is 11.8 Å². The molecule has 4 amide bonds. The molecule has 14 nitrogen and oxygen atoms in total. The molecule has 1 rings (SSSR count). The number of hydrogen-bond acceptors (Lipinski definition) is 9. The molecule has 4 unspecified atom stereocenters. The molecule has 10 N–H and O–H groups in total. The Morgan fingerprint density at radius 2 is 1.42 bits per heavy atom. The largest absolute Gasteiger partial charge is 0.508 e. The van der Waals surface area contributed by atoms with Crippen LogP contribution in [0.15, 0.2) is 24.3 Å². The first-order valence-corrected chi connectivity index (χ1v) is 12.9. The van der Waals surface area contributed by atoms with Gasteiger partial charge in [-0.1, -0.05) is 12.1 Å². The number of benzene rings is 1. The summed E-state index contributed by atoms with van der Waals surface area (Å²) in [6, 6.07) is 0.406. The van der Waals surface area contributed by atoms with Gasteiger partial charge in [0.2, 0.25) is 23.6 Å². The number of nitrogens with one attached hydrogen (secondary N) is 3. The molecule has 210 valence electrons. The topological polar surface area (TPSA) is 251 Å². The maximum atomic E-state index is 13.0. The van der Waals surface area contributed by atoms with Crippen molar-refractivity contribution in [2.75, 3.05) is 12.0 Å². The summed E-state index contributed by atoms with van der Waals surface area (Å²) < 4.78 is 0. The van der Waals surface area contributed by atoms with Gasteiger partial charge in [-0.15, -0.1) is 0 Å². The smallest absolute Gasteiger partial charge is 0.326 e. The van der Waals surface area contributed by atoms with Gasteiger partial charge < -0.3 is 42.7 Å². The van der Waals surface area contributed by atoms with Crippen molar-refractivity contribution < 1.29 is 44.1 Å². The summed E-state index contributed by atoms with van der Waals surface area (Å²) in [4.78, 5) is 72.4. The third-order valence-corrected chi connectivity index (χ3v) is 5.92. The highest BCUT2D eigenvalue weighted by molar-refractivity contribution is 7.98. The van der Waals surface area contributed by atoms with E-state index in [0.717, 1.165) is 0 Å². The quantitative estimate of drug-likeness (QED) is 0.107. The lowest BCUT2D eigenvalue weighted by atomic mass is 10.0. The monoisotopic (exact) mass is 555 g/mol. The maximum Gasteiger partial charge on any atom is 0.326 e. The zero-order valence-corrected chi connectivity index (χ0v) is 21.5. The Labute approximate surface area is 222 Å². The average molecular weight is 556 g/mol. The Hall–Kier alpha value is -3.85. The van der Waals surface area contributed by atoms with E-state index in [4.69, 9.17) is 11.5 Å². The van der Waals surface area contributed by atoms with Gasteiger partial charge in [-0.2, -0.15) is 11.8 Å². The molecule has 0 aliphatic carbocycles. The van der Waals surface area contributed by atoms with Crippen molar-refractivity contribution in [3.05, 3.63) is 29.8 Å². The highest BCUT2D eigenvalue weighted by Gasteiger charge is 2.31. The minimum Gasteiger partial charge on any atom is -0.508 e. The number of hydrogen-bond donors (Lipinski definition) is 8. The second-order valence-electron chi connectivity index (χ2n) is 8.38. The normalized spacial score (nSPS) is 13.8. The van der Waals surface area contributed by atoms with E-state index in [1.54, 1.807) is 18.4 Å². The first-order valence-electron chi connectivity index (χ1n) is 11.5. The SMILES string of the molecule is CSCCC(NC(=O)C(CC(=O)O)NC(=O)C(CCC(N)=O)NC(=O)C(N)Cc1ccc(O)cc1)C(=O)O. The number of nitrogens with two attached hydrogens (primary N) is 2. The minimum absolute atomic E-state index is 0.0221. The zero-order chi connectivity index (χ0) is 28.8. The van der Waals surface area contributed by atoms with Crippen LogP contribution in [0, 0.1) is 0 Å². The Balaban J connectivity index is 2.99. The molecule has 0 saturated heterocycles. The van der Waals surface area contributed by atoms with Crippen LogP contribution in [0.25, 0.3) is 0 Å². The van der Waals surface area contributed by atoms with Gasteiger partial charge >= 0.3 is 11.9 Å². The van der Waals surface area contributed by atoms with Gasteiger partial charge in [0.05, 0.1) is 12.5 Å². The fourth-order valence-electron chi connectivity index (χ4n) is 3.23. The predicted molar refractivity (Wildman–Crippen MR) is 137 cm³/mol. The van der Waals surface area contributed by atoms with Gasteiger partial charge in [0.1, 0.15) is 23.9 Å². The lowest BCUT2D eigenvalue weighted by Gasteiger charge is -2.24. The summed E-state index contributed by atoms with van der Waals surface area (Å²) in [7, 11) is 0. The molecule has 4 atom stereocenters. The first kappa shape index (κ1) is 32.2. The van der Waals surface area contributed by atoms with Crippen molar-refractivity contribution in [3.63, 3.8) is 0 Å². The second kappa shape index (κ2) is 16.1. The van der Waals surface area contributed by atoms with Crippen molar-refractivity contribution in [2.24, 2.45) is 11.5 Å². The highest BCUT2D eigenvalue weighted by Crippen LogP contribution is 2.11. The molecule has 0 fully saturated rings. The third-order valence-electron chi connectivity index (χ3n) is 5.28. The minimum atomic E-state index is -1.67. The molecular formula is C23H33N5O9S. The van der Waals surface area contributed by atoms with Crippen LogP contribution in [0.1, 0.15) is 31.2 Å². The lowest BCUT2D eigenvalue weighted by Crippen LogP contribution is -2.57.